The van der Waals surface area contributed by atoms with Gasteiger partial charge in [-0.1, -0.05) is 36.4 Å². The predicted molar refractivity (Wildman–Crippen MR) is 95.4 cm³/mol. The van der Waals surface area contributed by atoms with Crippen LogP contribution in [0, 0.1) is 5.92 Å². The Morgan fingerprint density at radius 2 is 1.92 bits per heavy atom. The molecule has 3 aromatic rings. The summed E-state index contributed by atoms with van der Waals surface area (Å²) in [6.07, 6.45) is 0.676. The molecule has 1 saturated carbocycles. The summed E-state index contributed by atoms with van der Waals surface area (Å²) in [6.45, 7) is 2.15. The minimum atomic E-state index is -0.213. The van der Waals surface area contributed by atoms with Gasteiger partial charge in [0.2, 0.25) is 0 Å². The molecule has 1 heterocycles. The van der Waals surface area contributed by atoms with Gasteiger partial charge in [0, 0.05) is 12.0 Å². The fourth-order valence-corrected chi connectivity index (χ4v) is 3.19. The predicted octanol–water partition coefficient (Wildman–Crippen LogP) is 4.13. The average Bonchev–Trinajstić information content (AvgIpc) is 3.43. The number of rotatable bonds is 4. The molecule has 2 atom stereocenters. The molecule has 2 unspecified atom stereocenters. The highest BCUT2D eigenvalue weighted by molar-refractivity contribution is 5.83. The Balaban J connectivity index is 1.68. The molecule has 4 heteroatoms. The van der Waals surface area contributed by atoms with Gasteiger partial charge in [-0.3, -0.25) is 9.59 Å². The van der Waals surface area contributed by atoms with Crippen molar-refractivity contribution in [2.75, 3.05) is 6.61 Å². The second-order valence-electron chi connectivity index (χ2n) is 6.29. The molecule has 4 nitrogen and oxygen atoms in total. The molecule has 1 fully saturated rings. The van der Waals surface area contributed by atoms with Gasteiger partial charge in [-0.05, 0) is 36.6 Å². The summed E-state index contributed by atoms with van der Waals surface area (Å²) in [5.41, 5.74) is 2.50. The van der Waals surface area contributed by atoms with Crippen LogP contribution in [0.25, 0.3) is 22.1 Å². The topological polar surface area (TPSA) is 56.5 Å². The molecule has 2 aromatic carbocycles. The Kier molecular flexibility index (Phi) is 3.88. The second-order valence-corrected chi connectivity index (χ2v) is 6.29. The van der Waals surface area contributed by atoms with Gasteiger partial charge in [-0.15, -0.1) is 0 Å². The van der Waals surface area contributed by atoms with E-state index in [-0.39, 0.29) is 23.2 Å². The van der Waals surface area contributed by atoms with E-state index < -0.39 is 0 Å². The van der Waals surface area contributed by atoms with Crippen LogP contribution in [0.5, 0.6) is 0 Å². The molecule has 0 spiro atoms. The van der Waals surface area contributed by atoms with E-state index in [1.54, 1.807) is 6.92 Å². The number of ether oxygens (including phenoxy) is 1. The first-order chi connectivity index (χ1) is 12.2. The summed E-state index contributed by atoms with van der Waals surface area (Å²) in [4.78, 5) is 24.3. The number of fused-ring (bicyclic) bond motifs is 1. The Labute approximate surface area is 145 Å². The van der Waals surface area contributed by atoms with E-state index in [9.17, 15) is 9.59 Å². The maximum Gasteiger partial charge on any atom is 0.309 e. The fourth-order valence-electron chi connectivity index (χ4n) is 3.19. The van der Waals surface area contributed by atoms with Crippen LogP contribution < -0.4 is 5.43 Å². The third-order valence-electron chi connectivity index (χ3n) is 4.60. The van der Waals surface area contributed by atoms with Crippen LogP contribution in [0.15, 0.2) is 63.8 Å². The number of carbonyl (C=O) groups excluding carboxylic acids is 1. The number of esters is 1. The molecule has 25 heavy (non-hydrogen) atoms. The van der Waals surface area contributed by atoms with Gasteiger partial charge in [-0.25, -0.2) is 0 Å². The summed E-state index contributed by atoms with van der Waals surface area (Å²) in [7, 11) is 0. The van der Waals surface area contributed by atoms with Crippen LogP contribution in [0.4, 0.5) is 0 Å². The van der Waals surface area contributed by atoms with Crippen molar-refractivity contribution in [2.24, 2.45) is 5.92 Å². The fraction of sp³-hybridized carbons (Fsp3) is 0.238. The van der Waals surface area contributed by atoms with Crippen molar-refractivity contribution in [1.29, 1.82) is 0 Å². The minimum Gasteiger partial charge on any atom is -0.466 e. The Bertz CT molecular complexity index is 988. The molecule has 0 saturated heterocycles. The van der Waals surface area contributed by atoms with Crippen molar-refractivity contribution in [2.45, 2.75) is 19.3 Å². The molecule has 4 rings (SSSR count). The first-order valence-corrected chi connectivity index (χ1v) is 8.47. The van der Waals surface area contributed by atoms with E-state index in [1.165, 1.54) is 6.07 Å². The summed E-state index contributed by atoms with van der Waals surface area (Å²) in [5.74, 6) is 0.117. The normalized spacial score (nSPS) is 18.9. The molecular weight excluding hydrogens is 316 g/mol. The van der Waals surface area contributed by atoms with Gasteiger partial charge in [-0.2, -0.15) is 0 Å². The van der Waals surface area contributed by atoms with E-state index >= 15 is 0 Å². The van der Waals surface area contributed by atoms with Gasteiger partial charge in [0.1, 0.15) is 11.3 Å². The van der Waals surface area contributed by atoms with E-state index in [4.69, 9.17) is 9.15 Å². The molecule has 1 aliphatic carbocycles. The minimum absolute atomic E-state index is 0.0510. The molecule has 0 aliphatic heterocycles. The van der Waals surface area contributed by atoms with Crippen molar-refractivity contribution in [3.8, 4) is 11.1 Å². The zero-order chi connectivity index (χ0) is 17.4. The Hall–Kier alpha value is -2.88. The summed E-state index contributed by atoms with van der Waals surface area (Å²) >= 11 is 0. The van der Waals surface area contributed by atoms with Crippen LogP contribution >= 0.6 is 0 Å². The van der Waals surface area contributed by atoms with Gasteiger partial charge < -0.3 is 9.15 Å². The monoisotopic (exact) mass is 334 g/mol. The third kappa shape index (κ3) is 2.95. The van der Waals surface area contributed by atoms with Gasteiger partial charge in [0.05, 0.1) is 17.9 Å². The van der Waals surface area contributed by atoms with Crippen LogP contribution in [0.1, 0.15) is 25.0 Å². The van der Waals surface area contributed by atoms with Crippen molar-refractivity contribution in [1.82, 2.24) is 0 Å². The standard InChI is InChI=1S/C21H18O4/c1-2-24-21(23)16-11-15(16)20-12-18(22)17-10-14(8-9-19(17)25-20)13-6-4-3-5-7-13/h3-10,12,15-16H,2,11H2,1H3. The van der Waals surface area contributed by atoms with Crippen molar-refractivity contribution in [3.63, 3.8) is 0 Å². The SMILES string of the molecule is CCOC(=O)C1CC1c1cc(=O)c2cc(-c3ccccc3)ccc2o1. The zero-order valence-electron chi connectivity index (χ0n) is 13.9. The largest absolute Gasteiger partial charge is 0.466 e. The lowest BCUT2D eigenvalue weighted by Crippen LogP contribution is -2.08. The van der Waals surface area contributed by atoms with Gasteiger partial charge in [0.25, 0.3) is 0 Å². The maximum absolute atomic E-state index is 12.5. The van der Waals surface area contributed by atoms with Gasteiger partial charge >= 0.3 is 5.97 Å². The lowest BCUT2D eigenvalue weighted by molar-refractivity contribution is -0.144. The van der Waals surface area contributed by atoms with Crippen LogP contribution in [0.3, 0.4) is 0 Å². The van der Waals surface area contributed by atoms with Crippen molar-refractivity contribution >= 4 is 16.9 Å². The molecule has 0 amide bonds. The highest BCUT2D eigenvalue weighted by atomic mass is 16.5. The van der Waals surface area contributed by atoms with E-state index in [0.29, 0.717) is 29.8 Å². The number of benzene rings is 2. The first kappa shape index (κ1) is 15.6. The van der Waals surface area contributed by atoms with E-state index in [2.05, 4.69) is 0 Å². The average molecular weight is 334 g/mol. The summed E-state index contributed by atoms with van der Waals surface area (Å²) in [5, 5.41) is 0.554. The quantitative estimate of drug-likeness (QED) is 0.673. The van der Waals surface area contributed by atoms with E-state index in [0.717, 1.165) is 11.1 Å². The second kappa shape index (κ2) is 6.20. The molecule has 1 aromatic heterocycles. The van der Waals surface area contributed by atoms with Gasteiger partial charge in [0.15, 0.2) is 5.43 Å². The summed E-state index contributed by atoms with van der Waals surface area (Å²) < 4.78 is 10.9. The highest BCUT2D eigenvalue weighted by Crippen LogP contribution is 2.48. The molecular formula is C21H18O4. The molecule has 0 N–H and O–H groups in total. The molecule has 0 bridgehead atoms. The molecule has 1 aliphatic rings. The lowest BCUT2D eigenvalue weighted by atomic mass is 10.0. The number of carbonyl (C=O) groups is 1. The van der Waals surface area contributed by atoms with Crippen LogP contribution in [-0.2, 0) is 9.53 Å². The zero-order valence-corrected chi connectivity index (χ0v) is 13.9. The Morgan fingerprint density at radius 3 is 2.68 bits per heavy atom. The smallest absolute Gasteiger partial charge is 0.309 e. The Morgan fingerprint density at radius 1 is 1.12 bits per heavy atom. The number of hydrogen-bond acceptors (Lipinski definition) is 4. The lowest BCUT2D eigenvalue weighted by Gasteiger charge is -2.06. The van der Waals surface area contributed by atoms with Crippen molar-refractivity contribution < 1.29 is 13.9 Å². The van der Waals surface area contributed by atoms with Crippen LogP contribution in [0.2, 0.25) is 0 Å². The van der Waals surface area contributed by atoms with E-state index in [1.807, 2.05) is 48.5 Å². The van der Waals surface area contributed by atoms with Crippen molar-refractivity contribution in [3.05, 3.63) is 70.6 Å². The highest BCUT2D eigenvalue weighted by Gasteiger charge is 2.47. The maximum atomic E-state index is 12.5. The van der Waals surface area contributed by atoms with Crippen LogP contribution in [-0.4, -0.2) is 12.6 Å². The third-order valence-corrected chi connectivity index (χ3v) is 4.60. The molecule has 0 radical (unpaired) electrons. The molecule has 126 valence electrons. The first-order valence-electron chi connectivity index (χ1n) is 8.47. The number of hydrogen-bond donors (Lipinski definition) is 0. The summed E-state index contributed by atoms with van der Waals surface area (Å²) in [6, 6.07) is 17.0.